The molecule has 2 aromatic rings. The Hall–Kier alpha value is -3.27. The first kappa shape index (κ1) is 29.7. The SMILES string of the molecule is CC.CCC.COc1cccc2c1C(=O)c1c(O)c3c(c(O)c1C2=O)CC1(CC3OC2CCCCO2)OCC1=O. The lowest BCUT2D eigenvalue weighted by Gasteiger charge is -2.47. The molecule has 3 atom stereocenters. The monoisotopic (exact) mass is 554 g/mol. The molecule has 0 saturated carbocycles. The summed E-state index contributed by atoms with van der Waals surface area (Å²) in [5.74, 6) is -2.08. The third-order valence-corrected chi connectivity index (χ3v) is 7.50. The van der Waals surface area contributed by atoms with Gasteiger partial charge in [-0.3, -0.25) is 14.4 Å². The van der Waals surface area contributed by atoms with Gasteiger partial charge in [-0.2, -0.15) is 0 Å². The molecule has 6 rings (SSSR count). The maximum Gasteiger partial charge on any atom is 0.202 e. The average Bonchev–Trinajstić information content (AvgIpc) is 2.98. The number of benzene rings is 2. The zero-order valence-corrected chi connectivity index (χ0v) is 23.8. The number of ether oxygens (including phenoxy) is 4. The van der Waals surface area contributed by atoms with Gasteiger partial charge in [0.15, 0.2) is 17.9 Å². The Morgan fingerprint density at radius 2 is 1.70 bits per heavy atom. The molecule has 216 valence electrons. The number of hydrogen-bond donors (Lipinski definition) is 2. The van der Waals surface area contributed by atoms with Gasteiger partial charge in [0.2, 0.25) is 5.78 Å². The van der Waals surface area contributed by atoms with E-state index >= 15 is 0 Å². The number of rotatable bonds is 3. The number of carbonyl (C=O) groups excluding carboxylic acids is 3. The van der Waals surface area contributed by atoms with Crippen LogP contribution in [0.3, 0.4) is 0 Å². The Bertz CT molecular complexity index is 1310. The van der Waals surface area contributed by atoms with Gasteiger partial charge >= 0.3 is 0 Å². The molecule has 2 N–H and O–H groups in total. The van der Waals surface area contributed by atoms with Gasteiger partial charge < -0.3 is 29.2 Å². The molecule has 2 aliphatic carbocycles. The molecule has 2 heterocycles. The van der Waals surface area contributed by atoms with Gasteiger partial charge in [-0.05, 0) is 25.3 Å². The Morgan fingerprint density at radius 1 is 1.00 bits per heavy atom. The molecule has 3 unspecified atom stereocenters. The van der Waals surface area contributed by atoms with E-state index in [9.17, 15) is 24.6 Å². The number of phenols is 2. The largest absolute Gasteiger partial charge is 0.507 e. The highest BCUT2D eigenvalue weighted by Crippen LogP contribution is 2.54. The van der Waals surface area contributed by atoms with Gasteiger partial charge in [0, 0.05) is 36.1 Å². The van der Waals surface area contributed by atoms with Crippen LogP contribution in [0.5, 0.6) is 17.2 Å². The van der Waals surface area contributed by atoms with Crippen molar-refractivity contribution in [3.8, 4) is 17.2 Å². The molecule has 40 heavy (non-hydrogen) atoms. The molecule has 2 aliphatic heterocycles. The third kappa shape index (κ3) is 4.80. The number of phenolic OH excluding ortho intramolecular Hbond substituents is 2. The summed E-state index contributed by atoms with van der Waals surface area (Å²) in [7, 11) is 1.39. The van der Waals surface area contributed by atoms with Gasteiger partial charge in [0.25, 0.3) is 0 Å². The smallest absolute Gasteiger partial charge is 0.202 e. The lowest BCUT2D eigenvalue weighted by atomic mass is 9.70. The molecule has 4 aliphatic rings. The van der Waals surface area contributed by atoms with Crippen molar-refractivity contribution in [3.63, 3.8) is 0 Å². The second kappa shape index (κ2) is 12.1. The minimum atomic E-state index is -1.21. The van der Waals surface area contributed by atoms with Crippen LogP contribution in [0.25, 0.3) is 0 Å². The van der Waals surface area contributed by atoms with Crippen LogP contribution in [0.4, 0.5) is 0 Å². The quantitative estimate of drug-likeness (QED) is 0.420. The van der Waals surface area contributed by atoms with E-state index in [1.807, 2.05) is 13.8 Å². The lowest BCUT2D eigenvalue weighted by molar-refractivity contribution is -0.220. The average molecular weight is 555 g/mol. The first-order chi connectivity index (χ1) is 19.3. The molecular formula is C31H38O9. The fourth-order valence-corrected chi connectivity index (χ4v) is 5.68. The summed E-state index contributed by atoms with van der Waals surface area (Å²) < 4.78 is 22.9. The van der Waals surface area contributed by atoms with E-state index in [0.29, 0.717) is 13.0 Å². The fourth-order valence-electron chi connectivity index (χ4n) is 5.68. The van der Waals surface area contributed by atoms with Crippen molar-refractivity contribution >= 4 is 17.3 Å². The van der Waals surface area contributed by atoms with Crippen LogP contribution < -0.4 is 4.74 Å². The number of carbonyl (C=O) groups is 3. The zero-order valence-electron chi connectivity index (χ0n) is 23.8. The van der Waals surface area contributed by atoms with Crippen molar-refractivity contribution in [2.45, 2.75) is 84.2 Å². The number of ketones is 3. The van der Waals surface area contributed by atoms with Crippen LogP contribution in [0.2, 0.25) is 0 Å². The number of fused-ring (bicyclic) bond motifs is 3. The first-order valence-electron chi connectivity index (χ1n) is 14.1. The van der Waals surface area contributed by atoms with Crippen LogP contribution in [-0.2, 0) is 25.4 Å². The van der Waals surface area contributed by atoms with Crippen molar-refractivity contribution in [1.82, 2.24) is 0 Å². The number of Topliss-reactive ketones (excluding diaryl/α,β-unsaturated/α-hetero) is 1. The summed E-state index contributed by atoms with van der Waals surface area (Å²) in [4.78, 5) is 39.6. The first-order valence-corrected chi connectivity index (χ1v) is 14.1. The van der Waals surface area contributed by atoms with Crippen molar-refractivity contribution in [2.75, 3.05) is 20.3 Å². The molecule has 0 bridgehead atoms. The summed E-state index contributed by atoms with van der Waals surface area (Å²) in [5.41, 5.74) is -1.34. The van der Waals surface area contributed by atoms with Crippen molar-refractivity contribution in [1.29, 1.82) is 0 Å². The van der Waals surface area contributed by atoms with E-state index in [2.05, 4.69) is 13.8 Å². The molecule has 0 amide bonds. The zero-order chi connectivity index (χ0) is 29.2. The highest BCUT2D eigenvalue weighted by atomic mass is 16.7. The maximum atomic E-state index is 13.6. The summed E-state index contributed by atoms with van der Waals surface area (Å²) in [6.07, 6.45) is 2.30. The fraction of sp³-hybridized carbons (Fsp3) is 0.516. The standard InChI is InChI=1S/C26H24O9.C3H8.C2H6/c1-32-14-6-4-5-12-18(14)24(30)21-20(22(12)28)23(29)13-9-26(16(27)11-34-26)10-15(19(13)25(21)31)35-17-7-2-3-8-33-17;1-3-2;1-2/h4-6,15,17,29,31H,2-3,7-11H2,1H3;3H2,1-2H3;1-2H3. The Labute approximate surface area is 234 Å². The van der Waals surface area contributed by atoms with E-state index in [1.54, 1.807) is 12.1 Å². The third-order valence-electron chi connectivity index (χ3n) is 7.50. The second-order valence-corrected chi connectivity index (χ2v) is 10.1. The van der Waals surface area contributed by atoms with Crippen LogP contribution in [0.15, 0.2) is 18.2 Å². The normalized spacial score (nSPS) is 24.4. The summed E-state index contributed by atoms with van der Waals surface area (Å²) in [6, 6.07) is 4.61. The minimum absolute atomic E-state index is 0.0278. The highest BCUT2D eigenvalue weighted by molar-refractivity contribution is 6.31. The molecular weight excluding hydrogens is 516 g/mol. The van der Waals surface area contributed by atoms with Crippen LogP contribution in [0, 0.1) is 0 Å². The maximum absolute atomic E-state index is 13.6. The molecule has 1 spiro atoms. The Balaban J connectivity index is 0.000000695. The van der Waals surface area contributed by atoms with E-state index < -0.39 is 41.1 Å². The van der Waals surface area contributed by atoms with E-state index in [0.717, 1.165) is 12.8 Å². The number of aromatic hydroxyl groups is 2. The van der Waals surface area contributed by atoms with Crippen molar-refractivity contribution < 1.29 is 43.5 Å². The molecule has 2 saturated heterocycles. The van der Waals surface area contributed by atoms with Gasteiger partial charge in [-0.1, -0.05) is 46.2 Å². The number of hydrogen-bond acceptors (Lipinski definition) is 9. The topological polar surface area (TPSA) is 129 Å². The van der Waals surface area contributed by atoms with Crippen LogP contribution in [0.1, 0.15) is 109 Å². The van der Waals surface area contributed by atoms with Gasteiger partial charge in [-0.15, -0.1) is 0 Å². The molecule has 0 radical (unpaired) electrons. The summed E-state index contributed by atoms with van der Waals surface area (Å²) >= 11 is 0. The molecule has 9 nitrogen and oxygen atoms in total. The van der Waals surface area contributed by atoms with Crippen LogP contribution >= 0.6 is 0 Å². The minimum Gasteiger partial charge on any atom is -0.507 e. The molecule has 9 heteroatoms. The molecule has 2 fully saturated rings. The Morgan fingerprint density at radius 3 is 2.27 bits per heavy atom. The summed E-state index contributed by atoms with van der Waals surface area (Å²) in [6.45, 7) is 8.72. The summed E-state index contributed by atoms with van der Waals surface area (Å²) in [5, 5.41) is 22.8. The molecule has 0 aromatic heterocycles. The van der Waals surface area contributed by atoms with Crippen molar-refractivity contribution in [3.05, 3.63) is 51.6 Å². The van der Waals surface area contributed by atoms with Gasteiger partial charge in [-0.25, -0.2) is 0 Å². The highest BCUT2D eigenvalue weighted by Gasteiger charge is 2.55. The lowest BCUT2D eigenvalue weighted by Crippen LogP contribution is -2.58. The Kier molecular flexibility index (Phi) is 8.97. The molecule has 2 aromatic carbocycles. The van der Waals surface area contributed by atoms with E-state index in [4.69, 9.17) is 18.9 Å². The van der Waals surface area contributed by atoms with Crippen LogP contribution in [-0.4, -0.2) is 59.8 Å². The second-order valence-electron chi connectivity index (χ2n) is 10.1. The van der Waals surface area contributed by atoms with Crippen molar-refractivity contribution in [2.24, 2.45) is 0 Å². The van der Waals surface area contributed by atoms with E-state index in [1.165, 1.54) is 19.6 Å². The van der Waals surface area contributed by atoms with E-state index in [-0.39, 0.29) is 64.4 Å². The van der Waals surface area contributed by atoms with Gasteiger partial charge in [0.1, 0.15) is 29.5 Å². The predicted octanol–water partition coefficient (Wildman–Crippen LogP) is 5.19. The number of methoxy groups -OCH3 is 1. The predicted molar refractivity (Wildman–Crippen MR) is 146 cm³/mol. The van der Waals surface area contributed by atoms with Gasteiger partial charge in [0.05, 0.1) is 29.9 Å².